The second kappa shape index (κ2) is 9.81. The van der Waals surface area contributed by atoms with Crippen molar-refractivity contribution in [3.63, 3.8) is 0 Å². The number of hydrogen-bond acceptors (Lipinski definition) is 4. The van der Waals surface area contributed by atoms with Crippen LogP contribution < -0.4 is 0 Å². The summed E-state index contributed by atoms with van der Waals surface area (Å²) in [5.41, 5.74) is 1.98. The van der Waals surface area contributed by atoms with Crippen molar-refractivity contribution < 1.29 is 13.5 Å². The van der Waals surface area contributed by atoms with Crippen molar-refractivity contribution in [3.05, 3.63) is 52.8 Å². The van der Waals surface area contributed by atoms with Crippen LogP contribution in [0.4, 0.5) is 8.78 Å². The van der Waals surface area contributed by atoms with Crippen LogP contribution in [0.15, 0.2) is 35.4 Å². The molecule has 0 fully saturated rings. The lowest BCUT2D eigenvalue weighted by atomic mass is 10.1. The molecule has 0 unspecified atom stereocenters. The topological polar surface area (TPSA) is 39.9 Å². The number of hydrogen-bond donors (Lipinski definition) is 0. The number of imidazole rings is 1. The molecule has 2 aromatic heterocycles. The van der Waals surface area contributed by atoms with Gasteiger partial charge in [-0.25, -0.2) is 18.7 Å². The zero-order valence-corrected chi connectivity index (χ0v) is 20.9. The van der Waals surface area contributed by atoms with Crippen molar-refractivity contribution >= 4 is 31.4 Å². The maximum atomic E-state index is 15.1. The zero-order valence-electron chi connectivity index (χ0n) is 18.3. The minimum absolute atomic E-state index is 0.136. The Morgan fingerprint density at radius 1 is 1.19 bits per heavy atom. The summed E-state index contributed by atoms with van der Waals surface area (Å²) in [7, 11) is -1.27. The zero-order chi connectivity index (χ0) is 22.8. The molecule has 0 aliphatic heterocycles. The van der Waals surface area contributed by atoms with Gasteiger partial charge in [0, 0.05) is 25.1 Å². The van der Waals surface area contributed by atoms with Crippen LogP contribution in [0.5, 0.6) is 0 Å². The van der Waals surface area contributed by atoms with E-state index in [2.05, 4.69) is 29.6 Å². The van der Waals surface area contributed by atoms with Gasteiger partial charge >= 0.3 is 0 Å². The molecule has 0 N–H and O–H groups in total. The van der Waals surface area contributed by atoms with E-state index in [-0.39, 0.29) is 17.7 Å². The van der Waals surface area contributed by atoms with Crippen LogP contribution in [0.25, 0.3) is 22.8 Å². The van der Waals surface area contributed by atoms with Crippen LogP contribution in [0.3, 0.4) is 0 Å². The van der Waals surface area contributed by atoms with Crippen molar-refractivity contribution in [1.82, 2.24) is 14.5 Å². The Labute approximate surface area is 192 Å². The number of aryl methyl sites for hydroxylation is 1. The molecule has 0 bridgehead atoms. The highest BCUT2D eigenvalue weighted by atomic mass is 35.5. The van der Waals surface area contributed by atoms with Crippen LogP contribution in [0, 0.1) is 18.6 Å². The number of benzene rings is 1. The normalized spacial score (nSPS) is 11.9. The summed E-state index contributed by atoms with van der Waals surface area (Å²) in [6, 6.07) is 7.22. The van der Waals surface area contributed by atoms with Crippen LogP contribution in [-0.2, 0) is 11.5 Å². The maximum Gasteiger partial charge on any atom is 0.162 e. The van der Waals surface area contributed by atoms with Crippen LogP contribution >= 0.6 is 23.4 Å². The van der Waals surface area contributed by atoms with Crippen molar-refractivity contribution in [2.75, 3.05) is 12.9 Å². The van der Waals surface area contributed by atoms with Gasteiger partial charge in [0.1, 0.15) is 24.1 Å². The molecule has 0 amide bonds. The summed E-state index contributed by atoms with van der Waals surface area (Å²) in [6.07, 6.45) is 3.02. The van der Waals surface area contributed by atoms with Gasteiger partial charge in [-0.05, 0) is 49.1 Å². The Kier molecular flexibility index (Phi) is 7.57. The molecule has 1 aromatic carbocycles. The molecular weight excluding hydrogens is 456 g/mol. The van der Waals surface area contributed by atoms with Crippen LogP contribution in [0.1, 0.15) is 5.56 Å². The molecule has 4 nitrogen and oxygen atoms in total. The third-order valence-corrected chi connectivity index (χ3v) is 7.51. The van der Waals surface area contributed by atoms with Crippen molar-refractivity contribution in [3.8, 4) is 22.8 Å². The highest BCUT2D eigenvalue weighted by Gasteiger charge is 2.24. The number of ether oxygens (including phenoxy) is 1. The number of pyridine rings is 1. The van der Waals surface area contributed by atoms with E-state index in [4.69, 9.17) is 16.3 Å². The van der Waals surface area contributed by atoms with Gasteiger partial charge in [0.25, 0.3) is 0 Å². The molecule has 3 aromatic rings. The summed E-state index contributed by atoms with van der Waals surface area (Å²) >= 11 is 7.98. The molecular formula is C22H26ClF2N3OSSi. The minimum atomic E-state index is -1.27. The monoisotopic (exact) mass is 481 g/mol. The minimum Gasteiger partial charge on any atom is -0.361 e. The highest BCUT2D eigenvalue weighted by molar-refractivity contribution is 7.98. The summed E-state index contributed by atoms with van der Waals surface area (Å²) in [5, 5.41) is 0.147. The van der Waals surface area contributed by atoms with Gasteiger partial charge in [0.2, 0.25) is 0 Å². The van der Waals surface area contributed by atoms with Gasteiger partial charge in [0.05, 0.1) is 11.9 Å². The second-order valence-electron chi connectivity index (χ2n) is 8.51. The van der Waals surface area contributed by atoms with E-state index in [0.29, 0.717) is 29.4 Å². The fourth-order valence-electron chi connectivity index (χ4n) is 3.16. The predicted octanol–water partition coefficient (Wildman–Crippen LogP) is 6.89. The number of rotatable bonds is 8. The first-order chi connectivity index (χ1) is 14.6. The van der Waals surface area contributed by atoms with E-state index < -0.39 is 13.9 Å². The van der Waals surface area contributed by atoms with Crippen molar-refractivity contribution in [2.45, 2.75) is 44.2 Å². The Morgan fingerprint density at radius 3 is 2.52 bits per heavy atom. The number of aromatic nitrogens is 3. The Bertz CT molecular complexity index is 1040. The molecule has 166 valence electrons. The molecule has 0 aliphatic rings. The van der Waals surface area contributed by atoms with Gasteiger partial charge in [0.15, 0.2) is 11.0 Å². The lowest BCUT2D eigenvalue weighted by Gasteiger charge is -2.18. The Morgan fingerprint density at radius 2 is 1.94 bits per heavy atom. The molecule has 9 heteroatoms. The first-order valence-electron chi connectivity index (χ1n) is 9.91. The van der Waals surface area contributed by atoms with E-state index in [1.165, 1.54) is 30.0 Å². The van der Waals surface area contributed by atoms with Gasteiger partial charge < -0.3 is 4.74 Å². The van der Waals surface area contributed by atoms with Gasteiger partial charge in [-0.2, -0.15) is 0 Å². The van der Waals surface area contributed by atoms with Crippen LogP contribution in [-0.4, -0.2) is 35.5 Å². The fraction of sp³-hybridized carbons (Fsp3) is 0.364. The van der Waals surface area contributed by atoms with Gasteiger partial charge in [-0.3, -0.25) is 4.57 Å². The third-order valence-electron chi connectivity index (χ3n) is 4.83. The lowest BCUT2D eigenvalue weighted by molar-refractivity contribution is 0.0892. The number of nitrogens with zero attached hydrogens (tertiary/aromatic N) is 3. The molecule has 0 spiro atoms. The second-order valence-corrected chi connectivity index (χ2v) is 15.4. The summed E-state index contributed by atoms with van der Waals surface area (Å²) in [6.45, 7) is 9.38. The van der Waals surface area contributed by atoms with E-state index >= 15 is 4.39 Å². The maximum absolute atomic E-state index is 15.1. The standard InChI is InChI=1S/C22H26ClF2N3OSSi/c1-14-10-16(30-2)11-17(25)19(14)20-21(23)27-22(18-7-6-15(24)12-26-18)28(20)13-29-8-9-31(3,4)5/h6-7,10-12H,8-9,13H2,1-5H3. The first-order valence-corrected chi connectivity index (χ1v) is 15.2. The molecule has 0 saturated carbocycles. The summed E-state index contributed by atoms with van der Waals surface area (Å²) < 4.78 is 36.2. The van der Waals surface area contributed by atoms with Crippen molar-refractivity contribution in [1.29, 1.82) is 0 Å². The van der Waals surface area contributed by atoms with Gasteiger partial charge in [-0.1, -0.05) is 31.2 Å². The average Bonchev–Trinajstić information content (AvgIpc) is 3.00. The Hall–Kier alpha value is -1.74. The average molecular weight is 482 g/mol. The summed E-state index contributed by atoms with van der Waals surface area (Å²) in [5.74, 6) is -0.428. The van der Waals surface area contributed by atoms with E-state index in [9.17, 15) is 4.39 Å². The molecule has 3 rings (SSSR count). The molecule has 0 radical (unpaired) electrons. The Balaban J connectivity index is 2.09. The number of halogens is 3. The lowest BCUT2D eigenvalue weighted by Crippen LogP contribution is -2.22. The number of thioether (sulfide) groups is 1. The largest absolute Gasteiger partial charge is 0.361 e. The van der Waals surface area contributed by atoms with E-state index in [1.54, 1.807) is 4.57 Å². The molecule has 0 atom stereocenters. The van der Waals surface area contributed by atoms with E-state index in [1.807, 2.05) is 19.2 Å². The van der Waals surface area contributed by atoms with Crippen LogP contribution in [0.2, 0.25) is 30.8 Å². The molecule has 31 heavy (non-hydrogen) atoms. The fourth-order valence-corrected chi connectivity index (χ4v) is 4.70. The molecule has 0 saturated heterocycles. The first kappa shape index (κ1) is 23.9. The highest BCUT2D eigenvalue weighted by Crippen LogP contribution is 2.37. The molecule has 2 heterocycles. The van der Waals surface area contributed by atoms with Gasteiger partial charge in [-0.15, -0.1) is 11.8 Å². The smallest absolute Gasteiger partial charge is 0.162 e. The quantitative estimate of drug-likeness (QED) is 0.199. The SMILES string of the molecule is CSc1cc(C)c(-c2c(Cl)nc(-c3ccc(F)cn3)n2COCC[Si](C)(C)C)c(F)c1. The van der Waals surface area contributed by atoms with Crippen molar-refractivity contribution in [2.24, 2.45) is 0 Å². The van der Waals surface area contributed by atoms with E-state index in [0.717, 1.165) is 22.7 Å². The summed E-state index contributed by atoms with van der Waals surface area (Å²) in [4.78, 5) is 9.40. The molecule has 0 aliphatic carbocycles. The third kappa shape index (κ3) is 5.74. The predicted molar refractivity (Wildman–Crippen MR) is 126 cm³/mol.